The van der Waals surface area contributed by atoms with E-state index >= 15 is 0 Å². The normalized spacial score (nSPS) is 32.7. The number of phenolic OH excluding ortho intramolecular Hbond substituents is 1. The Bertz CT molecular complexity index is 1420. The van der Waals surface area contributed by atoms with Crippen molar-refractivity contribution in [3.63, 3.8) is 0 Å². The molecule has 9 N–H and O–H groups in total. The summed E-state index contributed by atoms with van der Waals surface area (Å²) < 4.78 is 21.2. The number of rotatable bonds is 6. The number of ether oxygens (including phenoxy) is 4. The molecular formula is C26H26O16. The molecule has 0 aromatic heterocycles. The fourth-order valence-electron chi connectivity index (χ4n) is 4.99. The second-order valence-electron chi connectivity index (χ2n) is 9.88. The number of hydrogen-bond donors (Lipinski definition) is 9. The molecule has 2 heterocycles. The smallest absolute Gasteiger partial charge is 0.343 e. The van der Waals surface area contributed by atoms with E-state index in [0.717, 1.165) is 0 Å². The van der Waals surface area contributed by atoms with Gasteiger partial charge in [-0.05, 0) is 0 Å². The monoisotopic (exact) mass is 594 g/mol. The van der Waals surface area contributed by atoms with Gasteiger partial charge in [0.05, 0.1) is 24.3 Å². The largest absolute Gasteiger partial charge is 0.506 e. The molecule has 2 aliphatic heterocycles. The molecule has 2 aromatic carbocycles. The van der Waals surface area contributed by atoms with Crippen LogP contribution in [0.5, 0.6) is 17.2 Å². The van der Waals surface area contributed by atoms with Crippen molar-refractivity contribution in [2.75, 3.05) is 13.2 Å². The van der Waals surface area contributed by atoms with E-state index in [9.17, 15) is 60.3 Å². The number of carboxylic acids is 1. The third kappa shape index (κ3) is 4.77. The maximum Gasteiger partial charge on any atom is 0.343 e. The Balaban J connectivity index is 1.46. The number of phenols is 2. The van der Waals surface area contributed by atoms with Gasteiger partial charge >= 0.3 is 5.97 Å². The molecule has 16 heteroatoms. The van der Waals surface area contributed by atoms with E-state index in [4.69, 9.17) is 18.9 Å². The molecule has 16 nitrogen and oxygen atoms in total. The molecule has 0 saturated carbocycles. The van der Waals surface area contributed by atoms with Crippen molar-refractivity contribution in [1.29, 1.82) is 0 Å². The van der Waals surface area contributed by atoms with E-state index in [1.165, 1.54) is 24.3 Å². The van der Waals surface area contributed by atoms with Gasteiger partial charge in [0.1, 0.15) is 54.0 Å². The quantitative estimate of drug-likeness (QED) is 0.131. The standard InChI is InChI=1S/C26H26O16/c27-9-5-39-25(21(35)16(9)30)40-6-10-17(31)20(34)22(36)26(41-10)42-23-13(24(37)38)18(32)11-12(19(23)33)15(29)8-4-2-1-3-7(8)14(11)28/h1-4,9-10,16-17,20-22,25-27,30-36H,5-6H2,(H,37,38)/t9-,10-,16+,17-,20+,21-,22-,25+,26-/m1/s1. The Morgan fingerprint density at radius 3 is 1.98 bits per heavy atom. The van der Waals surface area contributed by atoms with Gasteiger partial charge in [-0.25, -0.2) is 4.79 Å². The lowest BCUT2D eigenvalue weighted by Crippen LogP contribution is -2.61. The number of aliphatic hydroxyl groups is 6. The number of ketones is 2. The zero-order valence-electron chi connectivity index (χ0n) is 21.3. The topological polar surface area (TPSA) is 270 Å². The fraction of sp³-hybridized carbons (Fsp3) is 0.423. The molecule has 1 aliphatic carbocycles. The molecular weight excluding hydrogens is 568 g/mol. The van der Waals surface area contributed by atoms with Gasteiger partial charge < -0.3 is 64.9 Å². The van der Waals surface area contributed by atoms with Crippen molar-refractivity contribution < 1.29 is 79.3 Å². The first-order valence-corrected chi connectivity index (χ1v) is 12.5. The van der Waals surface area contributed by atoms with Gasteiger partial charge in [-0.15, -0.1) is 0 Å². The van der Waals surface area contributed by atoms with Crippen molar-refractivity contribution in [3.8, 4) is 17.2 Å². The summed E-state index contributed by atoms with van der Waals surface area (Å²) in [6.45, 7) is -1.08. The minimum Gasteiger partial charge on any atom is -0.506 e. The maximum absolute atomic E-state index is 13.2. The molecule has 9 atom stereocenters. The first-order valence-electron chi connectivity index (χ1n) is 12.5. The van der Waals surface area contributed by atoms with E-state index < -0.39 is 120 Å². The van der Waals surface area contributed by atoms with Gasteiger partial charge in [0, 0.05) is 11.1 Å². The molecule has 0 amide bonds. The summed E-state index contributed by atoms with van der Waals surface area (Å²) in [5.41, 5.74) is -3.01. The summed E-state index contributed by atoms with van der Waals surface area (Å²) in [6, 6.07) is 5.44. The van der Waals surface area contributed by atoms with Crippen molar-refractivity contribution in [3.05, 3.63) is 52.1 Å². The van der Waals surface area contributed by atoms with E-state index in [0.29, 0.717) is 0 Å². The number of carbonyl (C=O) groups excluding carboxylic acids is 2. The third-order valence-electron chi connectivity index (χ3n) is 7.27. The number of aliphatic hydroxyl groups excluding tert-OH is 6. The second-order valence-corrected chi connectivity index (χ2v) is 9.88. The van der Waals surface area contributed by atoms with Crippen LogP contribution in [-0.4, -0.2) is 132 Å². The van der Waals surface area contributed by atoms with E-state index in [2.05, 4.69) is 0 Å². The van der Waals surface area contributed by atoms with Crippen LogP contribution in [0, 0.1) is 0 Å². The maximum atomic E-state index is 13.2. The van der Waals surface area contributed by atoms with Gasteiger partial charge in [0.25, 0.3) is 0 Å². The minimum absolute atomic E-state index is 0.144. The molecule has 226 valence electrons. The Morgan fingerprint density at radius 1 is 0.810 bits per heavy atom. The molecule has 3 aliphatic rings. The molecule has 2 saturated heterocycles. The summed E-state index contributed by atoms with van der Waals surface area (Å²) in [5, 5.41) is 92.4. The average molecular weight is 594 g/mol. The van der Waals surface area contributed by atoms with Crippen LogP contribution in [0.2, 0.25) is 0 Å². The predicted molar refractivity (Wildman–Crippen MR) is 131 cm³/mol. The summed E-state index contributed by atoms with van der Waals surface area (Å²) in [7, 11) is 0. The summed E-state index contributed by atoms with van der Waals surface area (Å²) >= 11 is 0. The first kappa shape index (κ1) is 29.8. The lowest BCUT2D eigenvalue weighted by molar-refractivity contribution is -0.307. The lowest BCUT2D eigenvalue weighted by atomic mass is 9.81. The van der Waals surface area contributed by atoms with Gasteiger partial charge in [-0.3, -0.25) is 9.59 Å². The summed E-state index contributed by atoms with van der Waals surface area (Å²) in [6.07, 6.45) is -15.8. The highest BCUT2D eigenvalue weighted by atomic mass is 16.7. The summed E-state index contributed by atoms with van der Waals surface area (Å²) in [4.78, 5) is 38.4. The highest BCUT2D eigenvalue weighted by Crippen LogP contribution is 2.48. The summed E-state index contributed by atoms with van der Waals surface area (Å²) in [5.74, 6) is -7.28. The number of benzene rings is 2. The number of aromatic carboxylic acids is 1. The zero-order chi connectivity index (χ0) is 30.6. The molecule has 0 bridgehead atoms. The van der Waals surface area contributed by atoms with Crippen molar-refractivity contribution in [1.82, 2.24) is 0 Å². The Hall–Kier alpha value is -3.71. The number of fused-ring (bicyclic) bond motifs is 2. The van der Waals surface area contributed by atoms with Gasteiger partial charge in [0.2, 0.25) is 6.29 Å². The molecule has 0 unspecified atom stereocenters. The minimum atomic E-state index is -2.10. The van der Waals surface area contributed by atoms with Crippen molar-refractivity contribution >= 4 is 17.5 Å². The lowest BCUT2D eigenvalue weighted by Gasteiger charge is -2.41. The van der Waals surface area contributed by atoms with Gasteiger partial charge in [0.15, 0.2) is 29.4 Å². The Kier molecular flexibility index (Phi) is 7.92. The first-order chi connectivity index (χ1) is 19.8. The number of carboxylic acid groups (broad SMARTS) is 1. The SMILES string of the molecule is O=C(O)c1c(O)c2c(c(O)c1O[C@H]1O[C@H](CO[C@@H]3OC[C@@H](O)[C@H](O)[C@H]3O)[C@@H](O)[C@H](O)[C@H]1O)C(=O)c1ccccc1C2=O. The Labute approximate surface area is 235 Å². The van der Waals surface area contributed by atoms with Crippen LogP contribution in [-0.2, 0) is 14.2 Å². The molecule has 42 heavy (non-hydrogen) atoms. The van der Waals surface area contributed by atoms with Crippen LogP contribution in [0.15, 0.2) is 24.3 Å². The van der Waals surface area contributed by atoms with Crippen molar-refractivity contribution in [2.24, 2.45) is 0 Å². The van der Waals surface area contributed by atoms with Crippen LogP contribution in [0.1, 0.15) is 42.2 Å². The Morgan fingerprint density at radius 2 is 1.38 bits per heavy atom. The average Bonchev–Trinajstić information content (AvgIpc) is 2.96. The fourth-order valence-corrected chi connectivity index (χ4v) is 4.99. The highest BCUT2D eigenvalue weighted by molar-refractivity contribution is 6.31. The molecule has 2 aromatic rings. The molecule has 5 rings (SSSR count). The number of aromatic hydroxyl groups is 2. The number of hydrogen-bond acceptors (Lipinski definition) is 15. The van der Waals surface area contributed by atoms with Crippen LogP contribution in [0.4, 0.5) is 0 Å². The predicted octanol–water partition coefficient (Wildman–Crippen LogP) is -2.79. The zero-order valence-corrected chi connectivity index (χ0v) is 21.3. The second kappa shape index (κ2) is 11.2. The highest BCUT2D eigenvalue weighted by Gasteiger charge is 2.48. The molecule has 0 radical (unpaired) electrons. The van der Waals surface area contributed by atoms with Crippen LogP contribution >= 0.6 is 0 Å². The van der Waals surface area contributed by atoms with Crippen LogP contribution in [0.3, 0.4) is 0 Å². The van der Waals surface area contributed by atoms with Crippen LogP contribution in [0.25, 0.3) is 0 Å². The number of carbonyl (C=O) groups is 3. The van der Waals surface area contributed by atoms with Crippen molar-refractivity contribution in [2.45, 2.75) is 55.3 Å². The van der Waals surface area contributed by atoms with Gasteiger partial charge in [-0.1, -0.05) is 24.3 Å². The van der Waals surface area contributed by atoms with E-state index in [-0.39, 0.29) is 11.1 Å². The molecule has 2 fully saturated rings. The van der Waals surface area contributed by atoms with Crippen LogP contribution < -0.4 is 4.74 Å². The molecule has 0 spiro atoms. The van der Waals surface area contributed by atoms with E-state index in [1.807, 2.05) is 0 Å². The van der Waals surface area contributed by atoms with E-state index in [1.54, 1.807) is 0 Å². The third-order valence-corrected chi connectivity index (χ3v) is 7.27. The van der Waals surface area contributed by atoms with Gasteiger partial charge in [-0.2, -0.15) is 0 Å².